The van der Waals surface area contributed by atoms with E-state index in [9.17, 15) is 14.4 Å². The van der Waals surface area contributed by atoms with Gasteiger partial charge in [0.2, 0.25) is 5.91 Å². The number of carbonyl (C=O) groups excluding carboxylic acids is 3. The van der Waals surface area contributed by atoms with Crippen molar-refractivity contribution < 1.29 is 19.1 Å². The molecule has 0 radical (unpaired) electrons. The average molecular weight is 387 g/mol. The number of ether oxygens (including phenoxy) is 1. The molecule has 1 saturated heterocycles. The molecule has 1 heterocycles. The average Bonchev–Trinajstić information content (AvgIpc) is 3.04. The van der Waals surface area contributed by atoms with Crippen LogP contribution in [-0.2, 0) is 19.1 Å². The normalized spacial score (nSPS) is 16.3. The largest absolute Gasteiger partial charge is 0.455 e. The van der Waals surface area contributed by atoms with Crippen molar-refractivity contribution in [1.82, 2.24) is 0 Å². The Labute approximate surface area is 162 Å². The zero-order chi connectivity index (χ0) is 19.4. The van der Waals surface area contributed by atoms with E-state index in [1.807, 2.05) is 19.1 Å². The minimum atomic E-state index is -0.597. The van der Waals surface area contributed by atoms with Crippen molar-refractivity contribution in [2.45, 2.75) is 13.3 Å². The highest BCUT2D eigenvalue weighted by molar-refractivity contribution is 6.30. The van der Waals surface area contributed by atoms with Gasteiger partial charge in [0, 0.05) is 29.4 Å². The second-order valence-corrected chi connectivity index (χ2v) is 6.84. The molecule has 0 bridgehead atoms. The lowest BCUT2D eigenvalue weighted by molar-refractivity contribution is -0.151. The lowest BCUT2D eigenvalue weighted by Crippen LogP contribution is -2.28. The molecular formula is C20H19ClN2O4. The van der Waals surface area contributed by atoms with Gasteiger partial charge < -0.3 is 15.0 Å². The molecule has 2 aromatic carbocycles. The Bertz CT molecular complexity index is 849. The van der Waals surface area contributed by atoms with Crippen molar-refractivity contribution in [3.8, 4) is 0 Å². The van der Waals surface area contributed by atoms with Gasteiger partial charge in [-0.1, -0.05) is 29.3 Å². The molecule has 0 spiro atoms. The van der Waals surface area contributed by atoms with Gasteiger partial charge >= 0.3 is 5.97 Å². The van der Waals surface area contributed by atoms with E-state index in [1.54, 1.807) is 36.4 Å². The molecule has 2 aromatic rings. The summed E-state index contributed by atoms with van der Waals surface area (Å²) in [5, 5.41) is 3.23. The number of nitrogens with zero attached hydrogens (tertiary/aromatic N) is 1. The minimum absolute atomic E-state index is 0.0566. The highest BCUT2D eigenvalue weighted by Gasteiger charge is 2.36. The van der Waals surface area contributed by atoms with Crippen LogP contribution in [0.4, 0.5) is 11.4 Å². The number of aryl methyl sites for hydroxylation is 1. The van der Waals surface area contributed by atoms with Crippen molar-refractivity contribution >= 4 is 40.8 Å². The molecule has 1 aliphatic rings. The number of hydrogen-bond donors (Lipinski definition) is 1. The number of halogens is 1. The SMILES string of the molecule is Cc1ccc(NC(=O)COC(=O)[C@H]2CC(=O)N(c3ccc(Cl)cc3)C2)cc1. The summed E-state index contributed by atoms with van der Waals surface area (Å²) in [6, 6.07) is 14.1. The number of hydrogen-bond acceptors (Lipinski definition) is 4. The molecule has 0 aromatic heterocycles. The van der Waals surface area contributed by atoms with E-state index in [0.717, 1.165) is 5.56 Å². The highest BCUT2D eigenvalue weighted by Crippen LogP contribution is 2.27. The summed E-state index contributed by atoms with van der Waals surface area (Å²) in [5.74, 6) is -1.74. The molecule has 27 heavy (non-hydrogen) atoms. The van der Waals surface area contributed by atoms with Gasteiger partial charge in [0.25, 0.3) is 5.91 Å². The molecule has 0 unspecified atom stereocenters. The predicted octanol–water partition coefficient (Wildman–Crippen LogP) is 3.18. The maximum absolute atomic E-state index is 12.2. The molecule has 140 valence electrons. The fraction of sp³-hybridized carbons (Fsp3) is 0.250. The summed E-state index contributed by atoms with van der Waals surface area (Å²) in [7, 11) is 0. The molecule has 0 aliphatic carbocycles. The van der Waals surface area contributed by atoms with Gasteiger partial charge in [0.05, 0.1) is 5.92 Å². The first-order valence-electron chi connectivity index (χ1n) is 8.51. The zero-order valence-electron chi connectivity index (χ0n) is 14.8. The van der Waals surface area contributed by atoms with Crippen molar-refractivity contribution in [1.29, 1.82) is 0 Å². The van der Waals surface area contributed by atoms with Gasteiger partial charge in [-0.3, -0.25) is 14.4 Å². The summed E-state index contributed by atoms with van der Waals surface area (Å²) >= 11 is 5.86. The van der Waals surface area contributed by atoms with Crippen LogP contribution in [0, 0.1) is 12.8 Å². The molecular weight excluding hydrogens is 368 g/mol. The van der Waals surface area contributed by atoms with Gasteiger partial charge in [-0.15, -0.1) is 0 Å². The summed E-state index contributed by atoms with van der Waals surface area (Å²) in [6.45, 7) is 1.78. The second-order valence-electron chi connectivity index (χ2n) is 6.40. The summed E-state index contributed by atoms with van der Waals surface area (Å²) in [4.78, 5) is 37.9. The van der Waals surface area contributed by atoms with Crippen molar-refractivity contribution in [3.63, 3.8) is 0 Å². The molecule has 1 aliphatic heterocycles. The highest BCUT2D eigenvalue weighted by atomic mass is 35.5. The van der Waals surface area contributed by atoms with Crippen molar-refractivity contribution in [2.24, 2.45) is 5.92 Å². The van der Waals surface area contributed by atoms with E-state index >= 15 is 0 Å². The van der Waals surface area contributed by atoms with E-state index in [0.29, 0.717) is 16.4 Å². The van der Waals surface area contributed by atoms with Crippen LogP contribution in [0.3, 0.4) is 0 Å². The quantitative estimate of drug-likeness (QED) is 0.801. The van der Waals surface area contributed by atoms with E-state index in [2.05, 4.69) is 5.32 Å². The molecule has 2 amide bonds. The van der Waals surface area contributed by atoms with Gasteiger partial charge in [0.15, 0.2) is 6.61 Å². The predicted molar refractivity (Wildman–Crippen MR) is 103 cm³/mol. The third-order valence-electron chi connectivity index (χ3n) is 4.28. The number of nitrogens with one attached hydrogen (secondary N) is 1. The molecule has 0 saturated carbocycles. The summed E-state index contributed by atoms with van der Waals surface area (Å²) in [6.07, 6.45) is 0.0566. The molecule has 6 nitrogen and oxygen atoms in total. The van der Waals surface area contributed by atoms with Crippen molar-refractivity contribution in [3.05, 3.63) is 59.1 Å². The Balaban J connectivity index is 1.51. The van der Waals surface area contributed by atoms with Crippen LogP contribution in [0.5, 0.6) is 0 Å². The van der Waals surface area contributed by atoms with Gasteiger partial charge in [0.1, 0.15) is 0 Å². The van der Waals surface area contributed by atoms with Crippen LogP contribution in [-0.4, -0.2) is 30.9 Å². The Hall–Kier alpha value is -2.86. The first kappa shape index (κ1) is 18.9. The Morgan fingerprint density at radius 3 is 2.48 bits per heavy atom. The van der Waals surface area contributed by atoms with E-state index in [1.165, 1.54) is 4.90 Å². The minimum Gasteiger partial charge on any atom is -0.455 e. The van der Waals surface area contributed by atoms with Crippen LogP contribution in [0.25, 0.3) is 0 Å². The molecule has 1 N–H and O–H groups in total. The van der Waals surface area contributed by atoms with Crippen LogP contribution >= 0.6 is 11.6 Å². The maximum Gasteiger partial charge on any atom is 0.311 e. The monoisotopic (exact) mass is 386 g/mol. The first-order chi connectivity index (χ1) is 12.9. The molecule has 1 atom stereocenters. The van der Waals surface area contributed by atoms with Gasteiger partial charge in [-0.25, -0.2) is 0 Å². The van der Waals surface area contributed by atoms with Gasteiger partial charge in [-0.2, -0.15) is 0 Å². The van der Waals surface area contributed by atoms with Crippen LogP contribution < -0.4 is 10.2 Å². The zero-order valence-corrected chi connectivity index (χ0v) is 15.5. The second kappa shape index (κ2) is 8.22. The summed E-state index contributed by atoms with van der Waals surface area (Å²) < 4.78 is 5.08. The Morgan fingerprint density at radius 2 is 1.81 bits per heavy atom. The standard InChI is InChI=1S/C20H19ClN2O4/c1-13-2-6-16(7-3-13)22-18(24)12-27-20(26)14-10-19(25)23(11-14)17-8-4-15(21)5-9-17/h2-9,14H,10-12H2,1H3,(H,22,24)/t14-/m0/s1. The smallest absolute Gasteiger partial charge is 0.311 e. The number of rotatable bonds is 5. The molecule has 7 heteroatoms. The number of carbonyl (C=O) groups is 3. The van der Waals surface area contributed by atoms with Crippen LogP contribution in [0.15, 0.2) is 48.5 Å². The number of esters is 1. The van der Waals surface area contributed by atoms with E-state index in [4.69, 9.17) is 16.3 Å². The van der Waals surface area contributed by atoms with Crippen LogP contribution in [0.1, 0.15) is 12.0 Å². The number of amides is 2. The lowest BCUT2D eigenvalue weighted by atomic mass is 10.1. The first-order valence-corrected chi connectivity index (χ1v) is 8.89. The third-order valence-corrected chi connectivity index (χ3v) is 4.53. The number of anilines is 2. The van der Waals surface area contributed by atoms with Gasteiger partial charge in [-0.05, 0) is 43.3 Å². The summed E-state index contributed by atoms with van der Waals surface area (Å²) in [5.41, 5.74) is 2.39. The Morgan fingerprint density at radius 1 is 1.15 bits per heavy atom. The topological polar surface area (TPSA) is 75.7 Å². The maximum atomic E-state index is 12.2. The van der Waals surface area contributed by atoms with Crippen molar-refractivity contribution in [2.75, 3.05) is 23.4 Å². The lowest BCUT2D eigenvalue weighted by Gasteiger charge is -2.16. The molecule has 1 fully saturated rings. The third kappa shape index (κ3) is 4.86. The van der Waals surface area contributed by atoms with Crippen LogP contribution in [0.2, 0.25) is 5.02 Å². The Kier molecular flexibility index (Phi) is 5.76. The fourth-order valence-corrected chi connectivity index (χ4v) is 2.95. The fourth-order valence-electron chi connectivity index (χ4n) is 2.82. The molecule has 3 rings (SSSR count). The van der Waals surface area contributed by atoms with E-state index < -0.39 is 24.4 Å². The van der Waals surface area contributed by atoms with E-state index in [-0.39, 0.29) is 18.9 Å². The number of benzene rings is 2.